The van der Waals surface area contributed by atoms with Gasteiger partial charge in [0.05, 0.1) is 11.3 Å². The van der Waals surface area contributed by atoms with Crippen LogP contribution in [0, 0.1) is 27.7 Å². The Labute approximate surface area is 168 Å². The second kappa shape index (κ2) is 7.28. The van der Waals surface area contributed by atoms with E-state index in [4.69, 9.17) is 0 Å². The molecule has 2 heterocycles. The summed E-state index contributed by atoms with van der Waals surface area (Å²) in [7, 11) is 0. The Morgan fingerprint density at radius 2 is 1.82 bits per heavy atom. The van der Waals surface area contributed by atoms with Crippen LogP contribution in [0.15, 0.2) is 47.6 Å². The number of nitrogens with one attached hydrogen (secondary N) is 1. The van der Waals surface area contributed by atoms with Gasteiger partial charge in [0.25, 0.3) is 0 Å². The van der Waals surface area contributed by atoms with Crippen molar-refractivity contribution in [2.24, 2.45) is 0 Å². The fourth-order valence-corrected chi connectivity index (χ4v) is 4.16. The number of amides is 1. The molecule has 0 spiro atoms. The molecule has 1 N–H and O–H groups in total. The van der Waals surface area contributed by atoms with E-state index in [0.29, 0.717) is 0 Å². The Bertz CT molecular complexity index is 1210. The summed E-state index contributed by atoms with van der Waals surface area (Å²) in [6.45, 7) is 8.18. The first-order valence-electron chi connectivity index (χ1n) is 9.18. The monoisotopic (exact) mass is 390 g/mol. The maximum atomic E-state index is 12.5. The van der Waals surface area contributed by atoms with Crippen LogP contribution in [0.25, 0.3) is 16.6 Å². The Hall–Kier alpha value is -2.86. The predicted molar refractivity (Wildman–Crippen MR) is 115 cm³/mol. The molecule has 28 heavy (non-hydrogen) atoms. The SMILES string of the molecule is Cc1ccc(C)c(NC(=O)CSc2nnc3cc(C)c4cccc(C)c4n23)c1. The van der Waals surface area contributed by atoms with Crippen LogP contribution in [0.2, 0.25) is 0 Å². The summed E-state index contributed by atoms with van der Waals surface area (Å²) >= 11 is 1.40. The number of pyridine rings is 1. The average Bonchev–Trinajstić information content (AvgIpc) is 3.06. The van der Waals surface area contributed by atoms with E-state index in [2.05, 4.69) is 47.6 Å². The van der Waals surface area contributed by atoms with Crippen molar-refractivity contribution < 1.29 is 4.79 Å². The zero-order chi connectivity index (χ0) is 19.8. The molecule has 0 aliphatic rings. The summed E-state index contributed by atoms with van der Waals surface area (Å²) in [5, 5.41) is 13.6. The van der Waals surface area contributed by atoms with Gasteiger partial charge in [-0.15, -0.1) is 10.2 Å². The smallest absolute Gasteiger partial charge is 0.234 e. The number of benzene rings is 2. The lowest BCUT2D eigenvalue weighted by atomic mass is 10.1. The number of anilines is 1. The van der Waals surface area contributed by atoms with E-state index in [1.54, 1.807) is 0 Å². The minimum atomic E-state index is -0.0522. The van der Waals surface area contributed by atoms with E-state index in [-0.39, 0.29) is 11.7 Å². The molecule has 6 heteroatoms. The summed E-state index contributed by atoms with van der Waals surface area (Å²) in [5.41, 5.74) is 7.25. The standard InChI is InChI=1S/C22H22N4OS/c1-13-8-9-14(2)18(10-13)23-20(27)12-28-22-25-24-19-11-16(4)17-7-5-6-15(3)21(17)26(19)22/h5-11H,12H2,1-4H3,(H,23,27). The molecule has 4 rings (SSSR count). The zero-order valence-electron chi connectivity index (χ0n) is 16.4. The lowest BCUT2D eigenvalue weighted by molar-refractivity contribution is -0.113. The molecule has 0 unspecified atom stereocenters. The van der Waals surface area contributed by atoms with Crippen LogP contribution in [0.4, 0.5) is 5.69 Å². The zero-order valence-corrected chi connectivity index (χ0v) is 17.2. The van der Waals surface area contributed by atoms with Crippen LogP contribution < -0.4 is 5.32 Å². The third-order valence-electron chi connectivity index (χ3n) is 4.89. The molecule has 142 valence electrons. The first-order chi connectivity index (χ1) is 13.4. The highest BCUT2D eigenvalue weighted by Gasteiger charge is 2.15. The van der Waals surface area contributed by atoms with Gasteiger partial charge in [-0.3, -0.25) is 9.20 Å². The molecule has 0 bridgehead atoms. The number of nitrogens with zero attached hydrogens (tertiary/aromatic N) is 3. The van der Waals surface area contributed by atoms with Gasteiger partial charge in [0.1, 0.15) is 0 Å². The van der Waals surface area contributed by atoms with E-state index in [9.17, 15) is 4.79 Å². The van der Waals surface area contributed by atoms with Gasteiger partial charge in [-0.05, 0) is 62.1 Å². The van der Waals surface area contributed by atoms with Crippen LogP contribution in [0.1, 0.15) is 22.3 Å². The van der Waals surface area contributed by atoms with Crippen LogP contribution in [-0.4, -0.2) is 26.3 Å². The molecule has 0 saturated carbocycles. The minimum Gasteiger partial charge on any atom is -0.325 e. The van der Waals surface area contributed by atoms with E-state index >= 15 is 0 Å². The number of para-hydroxylation sites is 1. The highest BCUT2D eigenvalue weighted by molar-refractivity contribution is 7.99. The van der Waals surface area contributed by atoms with Crippen molar-refractivity contribution in [1.82, 2.24) is 14.6 Å². The lowest BCUT2D eigenvalue weighted by Gasteiger charge is -2.11. The van der Waals surface area contributed by atoms with Gasteiger partial charge < -0.3 is 5.32 Å². The summed E-state index contributed by atoms with van der Waals surface area (Å²) in [4.78, 5) is 12.5. The molecule has 0 radical (unpaired) electrons. The fraction of sp³-hybridized carbons (Fsp3) is 0.227. The van der Waals surface area contributed by atoms with Crippen LogP contribution in [0.3, 0.4) is 0 Å². The maximum absolute atomic E-state index is 12.5. The molecule has 0 saturated heterocycles. The molecular weight excluding hydrogens is 368 g/mol. The highest BCUT2D eigenvalue weighted by atomic mass is 32.2. The topological polar surface area (TPSA) is 59.3 Å². The minimum absolute atomic E-state index is 0.0522. The molecule has 4 aromatic rings. The third kappa shape index (κ3) is 3.36. The fourth-order valence-electron chi connectivity index (χ4n) is 3.41. The Morgan fingerprint density at radius 1 is 1.00 bits per heavy atom. The van der Waals surface area contributed by atoms with Crippen molar-refractivity contribution in [3.8, 4) is 0 Å². The molecule has 0 aliphatic heterocycles. The second-order valence-corrected chi connectivity index (χ2v) is 8.07. The lowest BCUT2D eigenvalue weighted by Crippen LogP contribution is -2.15. The molecule has 1 amide bonds. The number of rotatable bonds is 4. The van der Waals surface area contributed by atoms with Crippen LogP contribution in [-0.2, 0) is 4.79 Å². The summed E-state index contributed by atoms with van der Waals surface area (Å²) in [6.07, 6.45) is 0. The molecule has 0 fully saturated rings. The molecule has 2 aromatic carbocycles. The van der Waals surface area contributed by atoms with Crippen molar-refractivity contribution in [2.45, 2.75) is 32.9 Å². The van der Waals surface area contributed by atoms with Crippen molar-refractivity contribution >= 4 is 39.9 Å². The average molecular weight is 391 g/mol. The van der Waals surface area contributed by atoms with E-state index < -0.39 is 0 Å². The first-order valence-corrected chi connectivity index (χ1v) is 10.2. The van der Waals surface area contributed by atoms with Gasteiger partial charge in [-0.1, -0.05) is 42.1 Å². The number of carbonyl (C=O) groups is 1. The number of aryl methyl sites for hydroxylation is 4. The normalized spacial score (nSPS) is 11.3. The van der Waals surface area contributed by atoms with Crippen molar-refractivity contribution in [1.29, 1.82) is 0 Å². The largest absolute Gasteiger partial charge is 0.325 e. The second-order valence-electron chi connectivity index (χ2n) is 7.13. The Kier molecular flexibility index (Phi) is 4.81. The number of hydrogen-bond donors (Lipinski definition) is 1. The van der Waals surface area contributed by atoms with Crippen molar-refractivity contribution in [3.05, 3.63) is 64.7 Å². The summed E-state index contributed by atoms with van der Waals surface area (Å²) < 4.78 is 2.05. The number of carbonyl (C=O) groups excluding carboxylic acids is 1. The van der Waals surface area contributed by atoms with E-state index in [1.807, 2.05) is 42.5 Å². The number of aromatic nitrogens is 3. The predicted octanol–water partition coefficient (Wildman–Crippen LogP) is 4.85. The van der Waals surface area contributed by atoms with Gasteiger partial charge in [-0.2, -0.15) is 0 Å². The third-order valence-corrected chi connectivity index (χ3v) is 5.82. The Morgan fingerprint density at radius 3 is 2.64 bits per heavy atom. The maximum Gasteiger partial charge on any atom is 0.234 e. The molecule has 5 nitrogen and oxygen atoms in total. The van der Waals surface area contributed by atoms with Gasteiger partial charge in [0.2, 0.25) is 5.91 Å². The van der Waals surface area contributed by atoms with Gasteiger partial charge in [-0.25, -0.2) is 0 Å². The van der Waals surface area contributed by atoms with Gasteiger partial charge >= 0.3 is 0 Å². The van der Waals surface area contributed by atoms with Gasteiger partial charge in [0, 0.05) is 11.1 Å². The highest BCUT2D eigenvalue weighted by Crippen LogP contribution is 2.28. The summed E-state index contributed by atoms with van der Waals surface area (Å²) in [5.74, 6) is 0.221. The number of thioether (sulfide) groups is 1. The quantitative estimate of drug-likeness (QED) is 0.506. The Balaban J connectivity index is 1.62. The van der Waals surface area contributed by atoms with Gasteiger partial charge in [0.15, 0.2) is 10.8 Å². The molecule has 2 aromatic heterocycles. The van der Waals surface area contributed by atoms with Crippen LogP contribution in [0.5, 0.6) is 0 Å². The molecular formula is C22H22N4OS. The first kappa shape index (κ1) is 18.5. The summed E-state index contributed by atoms with van der Waals surface area (Å²) in [6, 6.07) is 14.3. The van der Waals surface area contributed by atoms with E-state index in [1.165, 1.54) is 22.7 Å². The number of fused-ring (bicyclic) bond motifs is 3. The molecule has 0 aliphatic carbocycles. The van der Waals surface area contributed by atoms with E-state index in [0.717, 1.165) is 38.7 Å². The van der Waals surface area contributed by atoms with Crippen molar-refractivity contribution in [2.75, 3.05) is 11.1 Å². The number of hydrogen-bond acceptors (Lipinski definition) is 4. The molecule has 0 atom stereocenters. The van der Waals surface area contributed by atoms with Crippen LogP contribution >= 0.6 is 11.8 Å². The van der Waals surface area contributed by atoms with Crippen molar-refractivity contribution in [3.63, 3.8) is 0 Å².